The molecule has 106 valence electrons. The molecule has 1 N–H and O–H groups in total. The normalized spacial score (nSPS) is 16.7. The first kappa shape index (κ1) is 14.4. The van der Waals surface area contributed by atoms with Crippen molar-refractivity contribution in [3.63, 3.8) is 0 Å². The number of alkyl carbamates (subject to hydrolysis) is 1. The van der Waals surface area contributed by atoms with E-state index in [2.05, 4.69) is 11.4 Å². The second-order valence-corrected chi connectivity index (χ2v) is 6.26. The van der Waals surface area contributed by atoms with Gasteiger partial charge in [0.15, 0.2) is 0 Å². The maximum absolute atomic E-state index is 12.0. The second-order valence-electron chi connectivity index (χ2n) is 6.26. The van der Waals surface area contributed by atoms with E-state index >= 15 is 0 Å². The monoisotopic (exact) mass is 272 g/mol. The van der Waals surface area contributed by atoms with E-state index < -0.39 is 11.7 Å². The van der Waals surface area contributed by atoms with Crippen LogP contribution in [0, 0.1) is 11.3 Å². The number of carbonyl (C=O) groups excluding carboxylic acids is 1. The summed E-state index contributed by atoms with van der Waals surface area (Å²) in [4.78, 5) is 12.0. The highest BCUT2D eigenvalue weighted by atomic mass is 16.6. The van der Waals surface area contributed by atoms with Crippen molar-refractivity contribution >= 4 is 6.09 Å². The molecule has 1 aliphatic rings. The molecule has 0 unspecified atom stereocenters. The molecule has 1 fully saturated rings. The van der Waals surface area contributed by atoms with Gasteiger partial charge < -0.3 is 10.1 Å². The summed E-state index contributed by atoms with van der Waals surface area (Å²) in [6.45, 7) is 5.53. The van der Waals surface area contributed by atoms with Crippen molar-refractivity contribution in [1.29, 1.82) is 5.26 Å². The molecule has 4 heteroatoms. The zero-order valence-corrected chi connectivity index (χ0v) is 12.2. The predicted molar refractivity (Wildman–Crippen MR) is 76.1 cm³/mol. The number of nitriles is 1. The van der Waals surface area contributed by atoms with Gasteiger partial charge in [-0.1, -0.05) is 12.1 Å². The van der Waals surface area contributed by atoms with Crippen LogP contribution in [0.5, 0.6) is 0 Å². The maximum atomic E-state index is 12.0. The highest BCUT2D eigenvalue weighted by Crippen LogP contribution is 2.41. The summed E-state index contributed by atoms with van der Waals surface area (Å²) < 4.78 is 5.33. The van der Waals surface area contributed by atoms with Crippen LogP contribution in [0.25, 0.3) is 0 Å². The standard InChI is InChI=1S/C16H20N2O2/c1-15(2,3)20-14(19)18-16(8-5-9-16)13-7-4-6-12(10-13)11-17/h4,6-7,10H,5,8-9H2,1-3H3,(H,18,19). The molecule has 1 aromatic carbocycles. The van der Waals surface area contributed by atoms with Crippen LogP contribution in [0.15, 0.2) is 24.3 Å². The Morgan fingerprint density at radius 3 is 2.60 bits per heavy atom. The van der Waals surface area contributed by atoms with Crippen molar-refractivity contribution in [1.82, 2.24) is 5.32 Å². The van der Waals surface area contributed by atoms with E-state index in [-0.39, 0.29) is 5.54 Å². The molecule has 1 saturated carbocycles. The predicted octanol–water partition coefficient (Wildman–Crippen LogP) is 3.46. The number of nitrogens with one attached hydrogen (secondary N) is 1. The zero-order chi connectivity index (χ0) is 14.8. The minimum Gasteiger partial charge on any atom is -0.444 e. The van der Waals surface area contributed by atoms with Gasteiger partial charge in [-0.2, -0.15) is 5.26 Å². The molecule has 20 heavy (non-hydrogen) atoms. The SMILES string of the molecule is CC(C)(C)OC(=O)NC1(c2cccc(C#N)c2)CCC1. The van der Waals surface area contributed by atoms with Gasteiger partial charge in [-0.3, -0.25) is 0 Å². The fourth-order valence-electron chi connectivity index (χ4n) is 2.40. The fourth-order valence-corrected chi connectivity index (χ4v) is 2.40. The molecule has 0 radical (unpaired) electrons. The lowest BCUT2D eigenvalue weighted by atomic mass is 9.71. The Hall–Kier alpha value is -2.02. The summed E-state index contributed by atoms with van der Waals surface area (Å²) in [6, 6.07) is 9.55. The van der Waals surface area contributed by atoms with E-state index in [9.17, 15) is 4.79 Å². The molecule has 0 aromatic heterocycles. The Balaban J connectivity index is 2.17. The molecule has 0 bridgehead atoms. The summed E-state index contributed by atoms with van der Waals surface area (Å²) in [5, 5.41) is 12.0. The lowest BCUT2D eigenvalue weighted by molar-refractivity contribution is 0.0377. The van der Waals surface area contributed by atoms with Crippen LogP contribution >= 0.6 is 0 Å². The summed E-state index contributed by atoms with van der Waals surface area (Å²) in [6.07, 6.45) is 2.41. The van der Waals surface area contributed by atoms with Gasteiger partial charge in [0, 0.05) is 0 Å². The highest BCUT2D eigenvalue weighted by Gasteiger charge is 2.41. The van der Waals surface area contributed by atoms with Crippen LogP contribution in [0.1, 0.15) is 51.2 Å². The molecule has 1 amide bonds. The first-order valence-electron chi connectivity index (χ1n) is 6.86. The first-order chi connectivity index (χ1) is 9.35. The lowest BCUT2D eigenvalue weighted by Gasteiger charge is -2.43. The van der Waals surface area contributed by atoms with Gasteiger partial charge in [0.05, 0.1) is 17.2 Å². The smallest absolute Gasteiger partial charge is 0.408 e. The molecule has 2 rings (SSSR count). The van der Waals surface area contributed by atoms with E-state index in [1.54, 1.807) is 6.07 Å². The van der Waals surface area contributed by atoms with Crippen LogP contribution in [0.2, 0.25) is 0 Å². The average Bonchev–Trinajstić information content (AvgIpc) is 2.31. The van der Waals surface area contributed by atoms with Crippen molar-refractivity contribution < 1.29 is 9.53 Å². The summed E-state index contributed by atoms with van der Waals surface area (Å²) in [7, 11) is 0. The topological polar surface area (TPSA) is 62.1 Å². The summed E-state index contributed by atoms with van der Waals surface area (Å²) in [5.41, 5.74) is 0.701. The van der Waals surface area contributed by atoms with E-state index in [4.69, 9.17) is 10.00 Å². The third-order valence-electron chi connectivity index (χ3n) is 3.49. The van der Waals surface area contributed by atoms with Crippen molar-refractivity contribution in [2.45, 2.75) is 51.2 Å². The summed E-state index contributed by atoms with van der Waals surface area (Å²) in [5.74, 6) is 0. The highest BCUT2D eigenvalue weighted by molar-refractivity contribution is 5.69. The van der Waals surface area contributed by atoms with E-state index in [0.717, 1.165) is 24.8 Å². The van der Waals surface area contributed by atoms with Crippen LogP contribution in [0.3, 0.4) is 0 Å². The Kier molecular flexibility index (Phi) is 3.71. The molecule has 1 aromatic rings. The largest absolute Gasteiger partial charge is 0.444 e. The van der Waals surface area contributed by atoms with Gasteiger partial charge in [0.2, 0.25) is 0 Å². The number of benzene rings is 1. The number of hydrogen-bond acceptors (Lipinski definition) is 3. The Morgan fingerprint density at radius 2 is 2.10 bits per heavy atom. The lowest BCUT2D eigenvalue weighted by Crippen LogP contribution is -2.52. The molecular weight excluding hydrogens is 252 g/mol. The van der Waals surface area contributed by atoms with Gasteiger partial charge >= 0.3 is 6.09 Å². The molecule has 1 aliphatic carbocycles. The first-order valence-corrected chi connectivity index (χ1v) is 6.86. The second kappa shape index (κ2) is 5.16. The van der Waals surface area contributed by atoms with E-state index in [1.165, 1.54) is 0 Å². The number of rotatable bonds is 2. The number of carbonyl (C=O) groups is 1. The molecule has 0 saturated heterocycles. The Bertz CT molecular complexity index is 548. The van der Waals surface area contributed by atoms with Crippen molar-refractivity contribution in [3.05, 3.63) is 35.4 Å². The number of ether oxygens (including phenoxy) is 1. The minimum atomic E-state index is -0.510. The molecule has 0 aliphatic heterocycles. The zero-order valence-electron chi connectivity index (χ0n) is 12.2. The Morgan fingerprint density at radius 1 is 1.40 bits per heavy atom. The molecule has 0 atom stereocenters. The van der Waals surface area contributed by atoms with Crippen LogP contribution in [0.4, 0.5) is 4.79 Å². The number of hydrogen-bond donors (Lipinski definition) is 1. The number of amides is 1. The quantitative estimate of drug-likeness (QED) is 0.896. The van der Waals surface area contributed by atoms with Gasteiger partial charge in [-0.05, 0) is 57.7 Å². The third kappa shape index (κ3) is 3.11. The minimum absolute atomic E-state index is 0.380. The van der Waals surface area contributed by atoms with Crippen LogP contribution < -0.4 is 5.32 Å². The third-order valence-corrected chi connectivity index (χ3v) is 3.49. The van der Waals surface area contributed by atoms with Crippen LogP contribution in [-0.4, -0.2) is 11.7 Å². The van der Waals surface area contributed by atoms with Crippen LogP contribution in [-0.2, 0) is 10.3 Å². The van der Waals surface area contributed by atoms with Crippen molar-refractivity contribution in [3.8, 4) is 6.07 Å². The van der Waals surface area contributed by atoms with Gasteiger partial charge in [-0.15, -0.1) is 0 Å². The molecular formula is C16H20N2O2. The average molecular weight is 272 g/mol. The van der Waals surface area contributed by atoms with Crippen molar-refractivity contribution in [2.24, 2.45) is 0 Å². The van der Waals surface area contributed by atoms with Gasteiger partial charge in [0.25, 0.3) is 0 Å². The molecule has 4 nitrogen and oxygen atoms in total. The van der Waals surface area contributed by atoms with E-state index in [1.807, 2.05) is 39.0 Å². The fraction of sp³-hybridized carbons (Fsp3) is 0.500. The van der Waals surface area contributed by atoms with Gasteiger partial charge in [0.1, 0.15) is 5.60 Å². The molecule has 0 heterocycles. The maximum Gasteiger partial charge on any atom is 0.408 e. The van der Waals surface area contributed by atoms with Crippen molar-refractivity contribution in [2.75, 3.05) is 0 Å². The number of nitrogens with zero attached hydrogens (tertiary/aromatic N) is 1. The van der Waals surface area contributed by atoms with Gasteiger partial charge in [-0.25, -0.2) is 4.79 Å². The Labute approximate surface area is 119 Å². The van der Waals surface area contributed by atoms with E-state index in [0.29, 0.717) is 5.56 Å². The molecule has 0 spiro atoms. The summed E-state index contributed by atoms with van der Waals surface area (Å²) >= 11 is 0.